The van der Waals surface area contributed by atoms with Crippen LogP contribution in [0.2, 0.25) is 5.02 Å². The number of Topliss-reactive ketones (excluding diaryl/α,β-unsaturated/α-hetero) is 1. The van der Waals surface area contributed by atoms with Crippen molar-refractivity contribution < 1.29 is 9.53 Å². The fourth-order valence-electron chi connectivity index (χ4n) is 2.36. The van der Waals surface area contributed by atoms with Crippen molar-refractivity contribution in [2.75, 3.05) is 7.11 Å². The molecule has 25 heavy (non-hydrogen) atoms. The molecule has 0 unspecified atom stereocenters. The average Bonchev–Trinajstić information content (AvgIpc) is 2.64. The average molecular weight is 355 g/mol. The molecule has 0 N–H and O–H groups in total. The van der Waals surface area contributed by atoms with Crippen LogP contribution in [0.25, 0.3) is 11.3 Å². The van der Waals surface area contributed by atoms with E-state index in [1.807, 2.05) is 12.1 Å². The number of benzene rings is 2. The molecule has 0 fully saturated rings. The van der Waals surface area contributed by atoms with Crippen LogP contribution >= 0.6 is 11.6 Å². The molecule has 3 rings (SSSR count). The molecule has 126 valence electrons. The van der Waals surface area contributed by atoms with Gasteiger partial charge in [-0.3, -0.25) is 9.59 Å². The Morgan fingerprint density at radius 3 is 2.60 bits per heavy atom. The first-order valence-corrected chi connectivity index (χ1v) is 7.96. The first-order chi connectivity index (χ1) is 12.1. The SMILES string of the molecule is COc1cccc(C(=O)Cn2nc(-c3ccc(Cl)cc3)ccc2=O)c1. The standard InChI is InChI=1S/C19H15ClN2O3/c1-25-16-4-2-3-14(11-16)18(23)12-22-19(24)10-9-17(21-22)13-5-7-15(20)8-6-13/h2-11H,12H2,1H3. The number of rotatable bonds is 5. The fraction of sp³-hybridized carbons (Fsp3) is 0.105. The summed E-state index contributed by atoms with van der Waals surface area (Å²) in [5.41, 5.74) is 1.53. The Hall–Kier alpha value is -2.92. The predicted molar refractivity (Wildman–Crippen MR) is 96.3 cm³/mol. The van der Waals surface area contributed by atoms with Gasteiger partial charge in [-0.2, -0.15) is 5.10 Å². The highest BCUT2D eigenvalue weighted by molar-refractivity contribution is 6.30. The topological polar surface area (TPSA) is 61.2 Å². The number of hydrogen-bond donors (Lipinski definition) is 0. The number of ketones is 1. The number of hydrogen-bond acceptors (Lipinski definition) is 4. The van der Waals surface area contributed by atoms with Crippen molar-refractivity contribution in [1.29, 1.82) is 0 Å². The number of methoxy groups -OCH3 is 1. The van der Waals surface area contributed by atoms with Crippen molar-refractivity contribution in [3.05, 3.63) is 81.6 Å². The van der Waals surface area contributed by atoms with Crippen LogP contribution in [-0.4, -0.2) is 22.7 Å². The van der Waals surface area contributed by atoms with E-state index in [9.17, 15) is 9.59 Å². The van der Waals surface area contributed by atoms with E-state index in [2.05, 4.69) is 5.10 Å². The third-order valence-electron chi connectivity index (χ3n) is 3.69. The zero-order valence-electron chi connectivity index (χ0n) is 13.5. The molecule has 0 saturated carbocycles. The van der Waals surface area contributed by atoms with Gasteiger partial charge >= 0.3 is 0 Å². The van der Waals surface area contributed by atoms with E-state index in [1.165, 1.54) is 13.2 Å². The third-order valence-corrected chi connectivity index (χ3v) is 3.94. The molecule has 1 heterocycles. The molecule has 0 spiro atoms. The number of carbonyl (C=O) groups is 1. The first-order valence-electron chi connectivity index (χ1n) is 7.58. The molecule has 0 radical (unpaired) electrons. The Bertz CT molecular complexity index is 965. The van der Waals surface area contributed by atoms with E-state index >= 15 is 0 Å². The Morgan fingerprint density at radius 1 is 1.12 bits per heavy atom. The van der Waals surface area contributed by atoms with Crippen molar-refractivity contribution in [1.82, 2.24) is 9.78 Å². The summed E-state index contributed by atoms with van der Waals surface area (Å²) in [6.07, 6.45) is 0. The van der Waals surface area contributed by atoms with Crippen molar-refractivity contribution in [2.45, 2.75) is 6.54 Å². The van der Waals surface area contributed by atoms with Gasteiger partial charge in [-0.15, -0.1) is 0 Å². The van der Waals surface area contributed by atoms with Gasteiger partial charge < -0.3 is 4.74 Å². The second kappa shape index (κ2) is 7.32. The molecular formula is C19H15ClN2O3. The number of nitrogens with zero attached hydrogens (tertiary/aromatic N) is 2. The molecule has 0 aliphatic rings. The molecule has 6 heteroatoms. The Labute approximate surface area is 149 Å². The molecule has 0 amide bonds. The summed E-state index contributed by atoms with van der Waals surface area (Å²) in [4.78, 5) is 24.5. The third kappa shape index (κ3) is 3.95. The van der Waals surface area contributed by atoms with E-state index in [1.54, 1.807) is 42.5 Å². The van der Waals surface area contributed by atoms with E-state index in [0.717, 1.165) is 10.2 Å². The maximum atomic E-state index is 12.5. The molecule has 0 bridgehead atoms. The molecule has 0 aliphatic carbocycles. The second-order valence-electron chi connectivity index (χ2n) is 5.38. The molecule has 0 atom stereocenters. The van der Waals surface area contributed by atoms with Crippen molar-refractivity contribution >= 4 is 17.4 Å². The van der Waals surface area contributed by atoms with Gasteiger partial charge in [-0.25, -0.2) is 4.68 Å². The number of carbonyl (C=O) groups excluding carboxylic acids is 1. The van der Waals surface area contributed by atoms with Crippen LogP contribution in [0.5, 0.6) is 5.75 Å². The molecular weight excluding hydrogens is 340 g/mol. The van der Waals surface area contributed by atoms with Crippen LogP contribution in [-0.2, 0) is 6.54 Å². The van der Waals surface area contributed by atoms with Crippen LogP contribution in [0, 0.1) is 0 Å². The van der Waals surface area contributed by atoms with Crippen molar-refractivity contribution in [3.63, 3.8) is 0 Å². The van der Waals surface area contributed by atoms with E-state index < -0.39 is 0 Å². The van der Waals surface area contributed by atoms with Gasteiger partial charge in [-0.05, 0) is 30.3 Å². The van der Waals surface area contributed by atoms with Crippen LogP contribution < -0.4 is 10.3 Å². The highest BCUT2D eigenvalue weighted by Gasteiger charge is 2.11. The fourth-order valence-corrected chi connectivity index (χ4v) is 2.49. The van der Waals surface area contributed by atoms with Gasteiger partial charge in [0.2, 0.25) is 0 Å². The Balaban J connectivity index is 1.89. The monoisotopic (exact) mass is 354 g/mol. The number of ether oxygens (including phenoxy) is 1. The van der Waals surface area contributed by atoms with Gasteiger partial charge in [-0.1, -0.05) is 35.9 Å². The van der Waals surface area contributed by atoms with E-state index in [-0.39, 0.29) is 17.9 Å². The van der Waals surface area contributed by atoms with Crippen molar-refractivity contribution in [3.8, 4) is 17.0 Å². The lowest BCUT2D eigenvalue weighted by Gasteiger charge is -2.08. The minimum absolute atomic E-state index is 0.145. The quantitative estimate of drug-likeness (QED) is 0.658. The predicted octanol–water partition coefficient (Wildman–Crippen LogP) is 3.46. The van der Waals surface area contributed by atoms with Gasteiger partial charge in [0.1, 0.15) is 12.3 Å². The highest BCUT2D eigenvalue weighted by atomic mass is 35.5. The van der Waals surface area contributed by atoms with Gasteiger partial charge in [0.25, 0.3) is 5.56 Å². The summed E-state index contributed by atoms with van der Waals surface area (Å²) in [6.45, 7) is -0.145. The zero-order valence-corrected chi connectivity index (χ0v) is 14.2. The lowest BCUT2D eigenvalue weighted by molar-refractivity contribution is 0.0965. The summed E-state index contributed by atoms with van der Waals surface area (Å²) in [5, 5.41) is 4.91. The second-order valence-corrected chi connectivity index (χ2v) is 5.81. The van der Waals surface area contributed by atoms with Crippen LogP contribution in [0.3, 0.4) is 0 Å². The normalized spacial score (nSPS) is 10.5. The van der Waals surface area contributed by atoms with E-state index in [4.69, 9.17) is 16.3 Å². The van der Waals surface area contributed by atoms with Gasteiger partial charge in [0.05, 0.1) is 12.8 Å². The molecule has 2 aromatic carbocycles. The summed E-state index contributed by atoms with van der Waals surface area (Å²) in [7, 11) is 1.53. The summed E-state index contributed by atoms with van der Waals surface area (Å²) >= 11 is 5.89. The molecule has 5 nitrogen and oxygen atoms in total. The van der Waals surface area contributed by atoms with Gasteiger partial charge in [0.15, 0.2) is 5.78 Å². The lowest BCUT2D eigenvalue weighted by atomic mass is 10.1. The summed E-state index contributed by atoms with van der Waals surface area (Å²) < 4.78 is 6.28. The van der Waals surface area contributed by atoms with E-state index in [0.29, 0.717) is 22.0 Å². The molecule has 0 saturated heterocycles. The smallest absolute Gasteiger partial charge is 0.267 e. The summed E-state index contributed by atoms with van der Waals surface area (Å²) in [5.74, 6) is 0.364. The molecule has 0 aliphatic heterocycles. The summed E-state index contributed by atoms with van der Waals surface area (Å²) in [6, 6.07) is 16.9. The molecule has 3 aromatic rings. The maximum Gasteiger partial charge on any atom is 0.267 e. The molecule has 1 aromatic heterocycles. The Morgan fingerprint density at radius 2 is 1.88 bits per heavy atom. The Kier molecular flexibility index (Phi) is 4.95. The van der Waals surface area contributed by atoms with Gasteiger partial charge in [0, 0.05) is 22.2 Å². The first kappa shape index (κ1) is 16.9. The van der Waals surface area contributed by atoms with Crippen LogP contribution in [0.1, 0.15) is 10.4 Å². The minimum atomic E-state index is -0.339. The van der Waals surface area contributed by atoms with Crippen LogP contribution in [0.15, 0.2) is 65.5 Å². The maximum absolute atomic E-state index is 12.5. The van der Waals surface area contributed by atoms with Crippen molar-refractivity contribution in [2.24, 2.45) is 0 Å². The minimum Gasteiger partial charge on any atom is -0.497 e. The van der Waals surface area contributed by atoms with Crippen LogP contribution in [0.4, 0.5) is 0 Å². The number of halogens is 1. The lowest BCUT2D eigenvalue weighted by Crippen LogP contribution is -2.26. The highest BCUT2D eigenvalue weighted by Crippen LogP contribution is 2.18. The number of aromatic nitrogens is 2. The zero-order chi connectivity index (χ0) is 17.8. The largest absolute Gasteiger partial charge is 0.497 e.